The first-order valence-corrected chi connectivity index (χ1v) is 5.78. The summed E-state index contributed by atoms with van der Waals surface area (Å²) in [6, 6.07) is 0. The number of hydrogen-bond acceptors (Lipinski definition) is 6. The standard InChI is InChI=1S/C10H18N4O2/c11-5-4-8(15)9-12-10(13-16-9)14-6-2-1-3-7-14/h8,15H,1-7,11H2/t8-/m0/s1. The molecule has 1 aliphatic heterocycles. The molecule has 0 radical (unpaired) electrons. The van der Waals surface area contributed by atoms with Gasteiger partial charge in [-0.05, 0) is 37.4 Å². The number of nitrogens with two attached hydrogens (primary N) is 1. The number of aliphatic hydroxyl groups excluding tert-OH is 1. The van der Waals surface area contributed by atoms with Gasteiger partial charge in [0.25, 0.3) is 11.8 Å². The summed E-state index contributed by atoms with van der Waals surface area (Å²) in [6.45, 7) is 2.33. The van der Waals surface area contributed by atoms with Crippen LogP contribution < -0.4 is 10.6 Å². The number of rotatable bonds is 4. The molecule has 6 nitrogen and oxygen atoms in total. The van der Waals surface area contributed by atoms with Gasteiger partial charge in [-0.3, -0.25) is 0 Å². The van der Waals surface area contributed by atoms with Gasteiger partial charge in [0.2, 0.25) is 0 Å². The lowest BCUT2D eigenvalue weighted by molar-refractivity contribution is 0.127. The van der Waals surface area contributed by atoms with Crippen LogP contribution in [0.5, 0.6) is 0 Å². The molecule has 1 saturated heterocycles. The van der Waals surface area contributed by atoms with E-state index in [2.05, 4.69) is 15.0 Å². The first-order chi connectivity index (χ1) is 7.81. The van der Waals surface area contributed by atoms with Crippen molar-refractivity contribution in [1.82, 2.24) is 10.1 Å². The lowest BCUT2D eigenvalue weighted by Gasteiger charge is -2.24. The Morgan fingerprint density at radius 2 is 2.12 bits per heavy atom. The van der Waals surface area contributed by atoms with Crippen LogP contribution in [-0.4, -0.2) is 34.9 Å². The molecule has 1 aromatic rings. The van der Waals surface area contributed by atoms with Gasteiger partial charge in [-0.15, -0.1) is 0 Å². The van der Waals surface area contributed by atoms with E-state index in [1.54, 1.807) is 0 Å². The lowest BCUT2D eigenvalue weighted by Crippen LogP contribution is -2.30. The average molecular weight is 226 g/mol. The average Bonchev–Trinajstić information content (AvgIpc) is 2.80. The van der Waals surface area contributed by atoms with E-state index in [-0.39, 0.29) is 5.89 Å². The number of nitrogens with zero attached hydrogens (tertiary/aromatic N) is 3. The van der Waals surface area contributed by atoms with Gasteiger partial charge in [0.1, 0.15) is 6.10 Å². The molecular weight excluding hydrogens is 208 g/mol. The molecule has 16 heavy (non-hydrogen) atoms. The molecule has 0 aromatic carbocycles. The fourth-order valence-corrected chi connectivity index (χ4v) is 1.87. The zero-order valence-electron chi connectivity index (χ0n) is 9.30. The van der Waals surface area contributed by atoms with E-state index in [1.807, 2.05) is 0 Å². The van der Waals surface area contributed by atoms with Crippen molar-refractivity contribution in [3.8, 4) is 0 Å². The highest BCUT2D eigenvalue weighted by Gasteiger charge is 2.20. The van der Waals surface area contributed by atoms with Crippen molar-refractivity contribution in [2.75, 3.05) is 24.5 Å². The van der Waals surface area contributed by atoms with Gasteiger partial charge >= 0.3 is 0 Å². The van der Waals surface area contributed by atoms with Crippen molar-refractivity contribution in [1.29, 1.82) is 0 Å². The Hall–Kier alpha value is -1.14. The molecule has 90 valence electrons. The highest BCUT2D eigenvalue weighted by Crippen LogP contribution is 2.20. The van der Waals surface area contributed by atoms with E-state index in [4.69, 9.17) is 10.3 Å². The molecule has 0 unspecified atom stereocenters. The van der Waals surface area contributed by atoms with E-state index in [0.29, 0.717) is 18.9 Å². The first kappa shape index (κ1) is 11.3. The molecule has 1 atom stereocenters. The molecular formula is C10H18N4O2. The molecule has 2 rings (SSSR count). The van der Waals surface area contributed by atoms with Crippen LogP contribution in [-0.2, 0) is 0 Å². The van der Waals surface area contributed by atoms with Crippen molar-refractivity contribution < 1.29 is 9.63 Å². The second kappa shape index (κ2) is 5.27. The number of aromatic nitrogens is 2. The quantitative estimate of drug-likeness (QED) is 0.774. The fraction of sp³-hybridized carbons (Fsp3) is 0.800. The van der Waals surface area contributed by atoms with E-state index in [1.165, 1.54) is 6.42 Å². The summed E-state index contributed by atoms with van der Waals surface area (Å²) < 4.78 is 5.02. The summed E-state index contributed by atoms with van der Waals surface area (Å²) >= 11 is 0. The highest BCUT2D eigenvalue weighted by atomic mass is 16.5. The predicted octanol–water partition coefficient (Wildman–Crippen LogP) is 0.442. The van der Waals surface area contributed by atoms with Crippen LogP contribution in [0.15, 0.2) is 4.52 Å². The molecule has 1 aliphatic rings. The van der Waals surface area contributed by atoms with Crippen LogP contribution >= 0.6 is 0 Å². The van der Waals surface area contributed by atoms with Gasteiger partial charge < -0.3 is 20.3 Å². The summed E-state index contributed by atoms with van der Waals surface area (Å²) in [4.78, 5) is 6.28. The Balaban J connectivity index is 2.00. The minimum Gasteiger partial charge on any atom is -0.383 e. The largest absolute Gasteiger partial charge is 0.383 e. The van der Waals surface area contributed by atoms with Crippen LogP contribution in [0.3, 0.4) is 0 Å². The maximum absolute atomic E-state index is 9.64. The van der Waals surface area contributed by atoms with Crippen LogP contribution in [0.25, 0.3) is 0 Å². The molecule has 0 saturated carbocycles. The van der Waals surface area contributed by atoms with Crippen molar-refractivity contribution in [2.45, 2.75) is 31.8 Å². The zero-order valence-corrected chi connectivity index (χ0v) is 9.30. The summed E-state index contributed by atoms with van der Waals surface area (Å²) in [7, 11) is 0. The normalized spacial score (nSPS) is 18.8. The molecule has 0 spiro atoms. The summed E-state index contributed by atoms with van der Waals surface area (Å²) in [5, 5.41) is 13.5. The van der Waals surface area contributed by atoms with Gasteiger partial charge in [-0.25, -0.2) is 0 Å². The van der Waals surface area contributed by atoms with Crippen LogP contribution in [0.2, 0.25) is 0 Å². The summed E-state index contributed by atoms with van der Waals surface area (Å²) in [5.74, 6) is 0.858. The molecule has 6 heteroatoms. The van der Waals surface area contributed by atoms with E-state index >= 15 is 0 Å². The van der Waals surface area contributed by atoms with Crippen molar-refractivity contribution in [3.05, 3.63) is 5.89 Å². The number of hydrogen-bond donors (Lipinski definition) is 2. The third kappa shape index (κ3) is 2.51. The minimum absolute atomic E-state index is 0.269. The predicted molar refractivity (Wildman–Crippen MR) is 59.0 cm³/mol. The molecule has 3 N–H and O–H groups in total. The van der Waals surface area contributed by atoms with Gasteiger partial charge in [-0.2, -0.15) is 4.98 Å². The number of piperidine rings is 1. The number of aliphatic hydroxyl groups is 1. The van der Waals surface area contributed by atoms with Gasteiger partial charge in [0.15, 0.2) is 0 Å². The molecule has 1 fully saturated rings. The van der Waals surface area contributed by atoms with Crippen LogP contribution in [0.1, 0.15) is 37.7 Å². The maximum Gasteiger partial charge on any atom is 0.266 e. The summed E-state index contributed by atoms with van der Waals surface area (Å²) in [5.41, 5.74) is 5.36. The Morgan fingerprint density at radius 3 is 2.81 bits per heavy atom. The van der Waals surface area contributed by atoms with Crippen molar-refractivity contribution >= 4 is 5.95 Å². The minimum atomic E-state index is -0.740. The Bertz CT molecular complexity index is 322. The SMILES string of the molecule is NCC[C@H](O)c1nc(N2CCCCC2)no1. The van der Waals surface area contributed by atoms with Gasteiger partial charge in [-0.1, -0.05) is 0 Å². The Kier molecular flexibility index (Phi) is 3.74. The molecule has 0 bridgehead atoms. The first-order valence-electron chi connectivity index (χ1n) is 5.78. The van der Waals surface area contributed by atoms with E-state index in [0.717, 1.165) is 25.9 Å². The van der Waals surface area contributed by atoms with E-state index in [9.17, 15) is 5.11 Å². The van der Waals surface area contributed by atoms with Gasteiger partial charge in [0.05, 0.1) is 0 Å². The van der Waals surface area contributed by atoms with Crippen LogP contribution in [0.4, 0.5) is 5.95 Å². The molecule has 2 heterocycles. The lowest BCUT2D eigenvalue weighted by atomic mass is 10.1. The maximum atomic E-state index is 9.64. The zero-order chi connectivity index (χ0) is 11.4. The van der Waals surface area contributed by atoms with E-state index < -0.39 is 6.10 Å². The Labute approximate surface area is 94.4 Å². The fourth-order valence-electron chi connectivity index (χ4n) is 1.87. The second-order valence-electron chi connectivity index (χ2n) is 4.07. The topological polar surface area (TPSA) is 88.4 Å². The Morgan fingerprint density at radius 1 is 1.38 bits per heavy atom. The van der Waals surface area contributed by atoms with Gasteiger partial charge in [0, 0.05) is 13.1 Å². The van der Waals surface area contributed by atoms with Crippen LogP contribution in [0, 0.1) is 0 Å². The van der Waals surface area contributed by atoms with Crippen molar-refractivity contribution in [2.24, 2.45) is 5.73 Å². The smallest absolute Gasteiger partial charge is 0.266 e. The third-order valence-electron chi connectivity index (χ3n) is 2.80. The molecule has 0 aliphatic carbocycles. The third-order valence-corrected chi connectivity index (χ3v) is 2.80. The van der Waals surface area contributed by atoms with Crippen molar-refractivity contribution in [3.63, 3.8) is 0 Å². The summed E-state index contributed by atoms with van der Waals surface area (Å²) in [6.07, 6.45) is 3.29. The second-order valence-corrected chi connectivity index (χ2v) is 4.07. The molecule has 1 aromatic heterocycles. The monoisotopic (exact) mass is 226 g/mol. The highest BCUT2D eigenvalue weighted by molar-refractivity contribution is 5.28. The number of anilines is 1. The molecule has 0 amide bonds.